The lowest BCUT2D eigenvalue weighted by molar-refractivity contribution is 0.286. The Kier molecular flexibility index (Phi) is 4.61. The smallest absolute Gasteiger partial charge is 0.188 e. The lowest BCUT2D eigenvalue weighted by Gasteiger charge is -2.06. The van der Waals surface area contributed by atoms with Crippen molar-refractivity contribution in [1.82, 2.24) is 9.97 Å². The summed E-state index contributed by atoms with van der Waals surface area (Å²) in [6, 6.07) is 7.81. The summed E-state index contributed by atoms with van der Waals surface area (Å²) in [4.78, 5) is 9.60. The van der Waals surface area contributed by atoms with Gasteiger partial charge >= 0.3 is 0 Å². The number of halogens is 1. The molecule has 0 amide bonds. The van der Waals surface area contributed by atoms with Crippen molar-refractivity contribution in [2.45, 2.75) is 20.5 Å². The van der Waals surface area contributed by atoms with Crippen LogP contribution in [-0.4, -0.2) is 15.1 Å². The van der Waals surface area contributed by atoms with E-state index in [1.807, 2.05) is 38.1 Å². The second kappa shape index (κ2) is 6.66. The van der Waals surface area contributed by atoms with Crippen LogP contribution < -0.4 is 5.32 Å². The third-order valence-electron chi connectivity index (χ3n) is 3.42. The number of aliphatic hydroxyl groups excluding tert-OH is 1. The maximum Gasteiger partial charge on any atom is 0.188 e. The second-order valence-electron chi connectivity index (χ2n) is 5.26. The highest BCUT2D eigenvalue weighted by Crippen LogP contribution is 2.35. The summed E-state index contributed by atoms with van der Waals surface area (Å²) in [6.07, 6.45) is 3.55. The van der Waals surface area contributed by atoms with Gasteiger partial charge in [-0.05, 0) is 37.1 Å². The number of hydrogen-bond acceptors (Lipinski definition) is 5. The molecule has 0 saturated carbocycles. The molecule has 0 aliphatic heterocycles. The van der Waals surface area contributed by atoms with E-state index in [0.29, 0.717) is 10.2 Å². The number of pyridine rings is 1. The van der Waals surface area contributed by atoms with Crippen molar-refractivity contribution in [2.75, 3.05) is 5.32 Å². The largest absolute Gasteiger partial charge is 0.391 e. The van der Waals surface area contributed by atoms with E-state index in [0.717, 1.165) is 32.9 Å². The molecule has 0 spiro atoms. The molecule has 0 radical (unpaired) electrons. The Morgan fingerprint density at radius 1 is 1.26 bits per heavy atom. The molecule has 6 heteroatoms. The fraction of sp³-hybridized carbons (Fsp3) is 0.176. The first-order valence-corrected chi connectivity index (χ1v) is 8.32. The van der Waals surface area contributed by atoms with Crippen LogP contribution in [-0.2, 0) is 6.61 Å². The monoisotopic (exact) mass is 345 g/mol. The molecule has 0 aliphatic rings. The minimum atomic E-state index is -0.0653. The first-order valence-electron chi connectivity index (χ1n) is 7.13. The number of aliphatic hydroxyl groups is 1. The zero-order chi connectivity index (χ0) is 16.4. The van der Waals surface area contributed by atoms with E-state index in [1.54, 1.807) is 12.4 Å². The summed E-state index contributed by atoms with van der Waals surface area (Å²) in [5, 5.41) is 14.2. The van der Waals surface area contributed by atoms with Gasteiger partial charge in [-0.3, -0.25) is 4.98 Å². The number of rotatable bonds is 4. The van der Waals surface area contributed by atoms with Gasteiger partial charge in [0.1, 0.15) is 0 Å². The molecular weight excluding hydrogens is 330 g/mol. The molecule has 23 heavy (non-hydrogen) atoms. The predicted octanol–water partition coefficient (Wildman–Crippen LogP) is 4.71. The third-order valence-corrected chi connectivity index (χ3v) is 4.88. The molecule has 0 bridgehead atoms. The quantitative estimate of drug-likeness (QED) is 0.718. The Morgan fingerprint density at radius 2 is 2.09 bits per heavy atom. The summed E-state index contributed by atoms with van der Waals surface area (Å²) in [5.74, 6) is 0. The summed E-state index contributed by atoms with van der Waals surface area (Å²) in [7, 11) is 0. The van der Waals surface area contributed by atoms with Crippen molar-refractivity contribution in [3.8, 4) is 11.3 Å². The van der Waals surface area contributed by atoms with Gasteiger partial charge in [-0.1, -0.05) is 35.1 Å². The van der Waals surface area contributed by atoms with Crippen molar-refractivity contribution >= 4 is 33.8 Å². The molecule has 3 aromatic rings. The molecule has 0 fully saturated rings. The number of anilines is 2. The molecule has 1 aromatic carbocycles. The predicted molar refractivity (Wildman–Crippen MR) is 95.5 cm³/mol. The van der Waals surface area contributed by atoms with Gasteiger partial charge in [-0.2, -0.15) is 0 Å². The van der Waals surface area contributed by atoms with Gasteiger partial charge in [-0.25, -0.2) is 4.98 Å². The third kappa shape index (κ3) is 3.37. The van der Waals surface area contributed by atoms with Crippen LogP contribution >= 0.6 is 22.9 Å². The van der Waals surface area contributed by atoms with Gasteiger partial charge < -0.3 is 10.4 Å². The molecule has 4 nitrogen and oxygen atoms in total. The minimum Gasteiger partial charge on any atom is -0.391 e. The number of nitrogens with one attached hydrogen (secondary N) is 1. The fourth-order valence-electron chi connectivity index (χ4n) is 2.28. The van der Waals surface area contributed by atoms with Gasteiger partial charge in [0.2, 0.25) is 0 Å². The molecule has 2 aromatic heterocycles. The van der Waals surface area contributed by atoms with Crippen molar-refractivity contribution in [1.29, 1.82) is 0 Å². The van der Waals surface area contributed by atoms with Crippen molar-refractivity contribution in [2.24, 2.45) is 0 Å². The van der Waals surface area contributed by atoms with Crippen LogP contribution in [0.25, 0.3) is 11.3 Å². The number of aryl methyl sites for hydroxylation is 2. The Hall–Kier alpha value is -1.95. The standard InChI is InChI=1S/C17H16ClN3OS/c1-10-6-12(8-19-7-10)16-14(9-22)23-17(21-16)20-13-5-3-4-11(2)15(13)18/h3-8,22H,9H2,1-2H3,(H,20,21). The highest BCUT2D eigenvalue weighted by Gasteiger charge is 2.14. The van der Waals surface area contributed by atoms with E-state index in [-0.39, 0.29) is 6.61 Å². The Balaban J connectivity index is 1.97. The van der Waals surface area contributed by atoms with Gasteiger partial charge in [0.15, 0.2) is 5.13 Å². The maximum absolute atomic E-state index is 9.62. The fourth-order valence-corrected chi connectivity index (χ4v) is 3.31. The zero-order valence-electron chi connectivity index (χ0n) is 12.8. The van der Waals surface area contributed by atoms with Gasteiger partial charge in [-0.15, -0.1) is 0 Å². The van der Waals surface area contributed by atoms with Gasteiger partial charge in [0.25, 0.3) is 0 Å². The molecule has 3 rings (SSSR count). The number of nitrogens with zero attached hydrogens (tertiary/aromatic N) is 2. The van der Waals surface area contributed by atoms with E-state index in [1.165, 1.54) is 11.3 Å². The van der Waals surface area contributed by atoms with Gasteiger partial charge in [0, 0.05) is 18.0 Å². The second-order valence-corrected chi connectivity index (χ2v) is 6.72. The molecular formula is C17H16ClN3OS. The van der Waals surface area contributed by atoms with Crippen molar-refractivity contribution < 1.29 is 5.11 Å². The molecule has 2 heterocycles. The molecule has 0 atom stereocenters. The van der Waals surface area contributed by atoms with Crippen LogP contribution in [0.1, 0.15) is 16.0 Å². The van der Waals surface area contributed by atoms with E-state index in [4.69, 9.17) is 11.6 Å². The van der Waals surface area contributed by atoms with E-state index in [9.17, 15) is 5.11 Å². The average Bonchev–Trinajstić information content (AvgIpc) is 2.95. The van der Waals surface area contributed by atoms with Gasteiger partial charge in [0.05, 0.1) is 27.9 Å². The van der Waals surface area contributed by atoms with E-state index < -0.39 is 0 Å². The molecule has 118 valence electrons. The van der Waals surface area contributed by atoms with Crippen molar-refractivity contribution in [3.05, 3.63) is 57.7 Å². The normalized spacial score (nSPS) is 10.8. The molecule has 0 saturated heterocycles. The van der Waals surface area contributed by atoms with E-state index in [2.05, 4.69) is 15.3 Å². The minimum absolute atomic E-state index is 0.0653. The first kappa shape index (κ1) is 15.9. The van der Waals surface area contributed by atoms with Crippen LogP contribution in [0.3, 0.4) is 0 Å². The van der Waals surface area contributed by atoms with Crippen LogP contribution in [0.15, 0.2) is 36.7 Å². The van der Waals surface area contributed by atoms with Crippen LogP contribution in [0.5, 0.6) is 0 Å². The summed E-state index contributed by atoms with van der Waals surface area (Å²) >= 11 is 7.73. The van der Waals surface area contributed by atoms with Crippen LogP contribution in [0.4, 0.5) is 10.8 Å². The highest BCUT2D eigenvalue weighted by atomic mass is 35.5. The molecule has 0 unspecified atom stereocenters. The van der Waals surface area contributed by atoms with Crippen molar-refractivity contribution in [3.63, 3.8) is 0 Å². The lowest BCUT2D eigenvalue weighted by Crippen LogP contribution is -1.92. The number of aromatic nitrogens is 2. The average molecular weight is 346 g/mol. The number of thiazole rings is 1. The zero-order valence-corrected chi connectivity index (χ0v) is 14.4. The summed E-state index contributed by atoms with van der Waals surface area (Å²) in [5.41, 5.74) is 4.50. The topological polar surface area (TPSA) is 58.0 Å². The Morgan fingerprint density at radius 3 is 2.83 bits per heavy atom. The molecule has 0 aliphatic carbocycles. The Bertz CT molecular complexity index is 848. The SMILES string of the molecule is Cc1cncc(-c2nc(Nc3cccc(C)c3Cl)sc2CO)c1. The number of benzene rings is 1. The highest BCUT2D eigenvalue weighted by molar-refractivity contribution is 7.16. The summed E-state index contributed by atoms with van der Waals surface area (Å²) < 4.78 is 0. The summed E-state index contributed by atoms with van der Waals surface area (Å²) in [6.45, 7) is 3.87. The molecule has 2 N–H and O–H groups in total. The Labute approximate surface area is 143 Å². The maximum atomic E-state index is 9.62. The number of hydrogen-bond donors (Lipinski definition) is 2. The lowest BCUT2D eigenvalue weighted by atomic mass is 10.1. The first-order chi connectivity index (χ1) is 11.1. The van der Waals surface area contributed by atoms with Crippen LogP contribution in [0.2, 0.25) is 5.02 Å². The van der Waals surface area contributed by atoms with Crippen LogP contribution in [0, 0.1) is 13.8 Å². The van der Waals surface area contributed by atoms with E-state index >= 15 is 0 Å².